The minimum Gasteiger partial charge on any atom is -0.353 e. The molecular formula is C15H25N3. The zero-order chi connectivity index (χ0) is 13.1. The van der Waals surface area contributed by atoms with Crippen molar-refractivity contribution in [1.82, 2.24) is 4.98 Å². The number of nitrogens with zero attached hydrogens (tertiary/aromatic N) is 2. The van der Waals surface area contributed by atoms with E-state index in [0.717, 1.165) is 24.7 Å². The topological polar surface area (TPSA) is 42.1 Å². The SMILES string of the molecule is Cc1cc(CCN)cnc1N1CCCC(C)C1C. The van der Waals surface area contributed by atoms with Crippen molar-refractivity contribution in [2.24, 2.45) is 11.7 Å². The zero-order valence-corrected chi connectivity index (χ0v) is 11.8. The van der Waals surface area contributed by atoms with Crippen LogP contribution in [0.3, 0.4) is 0 Å². The normalized spacial score (nSPS) is 24.3. The quantitative estimate of drug-likeness (QED) is 0.892. The van der Waals surface area contributed by atoms with Crippen molar-refractivity contribution in [1.29, 1.82) is 0 Å². The Hall–Kier alpha value is -1.09. The summed E-state index contributed by atoms with van der Waals surface area (Å²) in [4.78, 5) is 7.14. The molecule has 3 nitrogen and oxygen atoms in total. The lowest BCUT2D eigenvalue weighted by Crippen LogP contribution is -2.43. The van der Waals surface area contributed by atoms with Gasteiger partial charge >= 0.3 is 0 Å². The fourth-order valence-electron chi connectivity index (χ4n) is 2.86. The van der Waals surface area contributed by atoms with E-state index in [1.54, 1.807) is 0 Å². The van der Waals surface area contributed by atoms with Gasteiger partial charge in [-0.1, -0.05) is 13.0 Å². The fourth-order valence-corrected chi connectivity index (χ4v) is 2.86. The minimum atomic E-state index is 0.588. The van der Waals surface area contributed by atoms with Crippen molar-refractivity contribution in [2.75, 3.05) is 18.0 Å². The van der Waals surface area contributed by atoms with Crippen LogP contribution in [0.5, 0.6) is 0 Å². The molecular weight excluding hydrogens is 222 g/mol. The highest BCUT2D eigenvalue weighted by molar-refractivity contribution is 5.48. The molecule has 2 atom stereocenters. The summed E-state index contributed by atoms with van der Waals surface area (Å²) in [6.07, 6.45) is 5.51. The predicted octanol–water partition coefficient (Wildman–Crippen LogP) is 2.52. The van der Waals surface area contributed by atoms with Crippen LogP contribution >= 0.6 is 0 Å². The Morgan fingerprint density at radius 1 is 1.44 bits per heavy atom. The standard InChI is InChI=1S/C15H25N3/c1-11-5-4-8-18(13(11)3)15-12(2)9-14(6-7-16)10-17-15/h9-11,13H,4-8,16H2,1-3H3. The maximum Gasteiger partial charge on any atom is 0.131 e. The van der Waals surface area contributed by atoms with E-state index in [4.69, 9.17) is 5.73 Å². The summed E-state index contributed by atoms with van der Waals surface area (Å²) in [7, 11) is 0. The first kappa shape index (κ1) is 13.3. The van der Waals surface area contributed by atoms with Gasteiger partial charge in [0.05, 0.1) is 0 Å². The summed E-state index contributed by atoms with van der Waals surface area (Å²) >= 11 is 0. The largest absolute Gasteiger partial charge is 0.353 e. The Kier molecular flexibility index (Phi) is 4.23. The molecule has 100 valence electrons. The van der Waals surface area contributed by atoms with Crippen molar-refractivity contribution >= 4 is 5.82 Å². The molecule has 1 saturated heterocycles. The molecule has 0 saturated carbocycles. The Labute approximate surface area is 110 Å². The van der Waals surface area contributed by atoms with Crippen LogP contribution in [0, 0.1) is 12.8 Å². The highest BCUT2D eigenvalue weighted by Crippen LogP contribution is 2.29. The first-order chi connectivity index (χ1) is 8.63. The van der Waals surface area contributed by atoms with Crippen LogP contribution in [0.2, 0.25) is 0 Å². The number of piperidine rings is 1. The number of pyridine rings is 1. The zero-order valence-electron chi connectivity index (χ0n) is 11.8. The van der Waals surface area contributed by atoms with Crippen molar-refractivity contribution in [3.8, 4) is 0 Å². The monoisotopic (exact) mass is 247 g/mol. The first-order valence-corrected chi connectivity index (χ1v) is 7.05. The van der Waals surface area contributed by atoms with E-state index in [2.05, 4.69) is 36.7 Å². The lowest BCUT2D eigenvalue weighted by molar-refractivity contribution is 0.361. The maximum atomic E-state index is 5.59. The van der Waals surface area contributed by atoms with Crippen LogP contribution in [-0.2, 0) is 6.42 Å². The third kappa shape index (κ3) is 2.66. The molecule has 0 radical (unpaired) electrons. The molecule has 1 fully saturated rings. The Morgan fingerprint density at radius 3 is 2.89 bits per heavy atom. The molecule has 0 spiro atoms. The molecule has 3 heteroatoms. The number of anilines is 1. The number of hydrogen-bond acceptors (Lipinski definition) is 3. The van der Waals surface area contributed by atoms with Gasteiger partial charge in [-0.05, 0) is 56.7 Å². The van der Waals surface area contributed by atoms with E-state index in [9.17, 15) is 0 Å². The molecule has 18 heavy (non-hydrogen) atoms. The van der Waals surface area contributed by atoms with Gasteiger partial charge in [0.1, 0.15) is 5.82 Å². The van der Waals surface area contributed by atoms with Gasteiger partial charge in [-0.3, -0.25) is 0 Å². The molecule has 2 unspecified atom stereocenters. The second-order valence-electron chi connectivity index (χ2n) is 5.58. The summed E-state index contributed by atoms with van der Waals surface area (Å²) in [5.41, 5.74) is 8.12. The molecule has 1 aromatic rings. The van der Waals surface area contributed by atoms with Gasteiger partial charge in [-0.15, -0.1) is 0 Å². The van der Waals surface area contributed by atoms with Crippen LogP contribution in [0.4, 0.5) is 5.82 Å². The molecule has 0 aromatic carbocycles. The summed E-state index contributed by atoms with van der Waals surface area (Å²) in [5, 5.41) is 0. The van der Waals surface area contributed by atoms with Gasteiger partial charge in [0.15, 0.2) is 0 Å². The van der Waals surface area contributed by atoms with Crippen LogP contribution in [0.1, 0.15) is 37.8 Å². The molecule has 1 aromatic heterocycles. The van der Waals surface area contributed by atoms with E-state index >= 15 is 0 Å². The molecule has 0 amide bonds. The van der Waals surface area contributed by atoms with Gasteiger partial charge < -0.3 is 10.6 Å². The minimum absolute atomic E-state index is 0.588. The first-order valence-electron chi connectivity index (χ1n) is 7.05. The third-order valence-electron chi connectivity index (χ3n) is 4.19. The van der Waals surface area contributed by atoms with Crippen molar-refractivity contribution in [3.63, 3.8) is 0 Å². The number of aromatic nitrogens is 1. The van der Waals surface area contributed by atoms with Crippen LogP contribution in [0.25, 0.3) is 0 Å². The van der Waals surface area contributed by atoms with Crippen LogP contribution < -0.4 is 10.6 Å². The average molecular weight is 247 g/mol. The van der Waals surface area contributed by atoms with Gasteiger partial charge in [-0.2, -0.15) is 0 Å². The van der Waals surface area contributed by atoms with Crippen molar-refractivity contribution < 1.29 is 0 Å². The summed E-state index contributed by atoms with van der Waals surface area (Å²) in [5.74, 6) is 1.92. The van der Waals surface area contributed by atoms with Crippen LogP contribution in [-0.4, -0.2) is 24.1 Å². The van der Waals surface area contributed by atoms with E-state index in [1.807, 2.05) is 6.20 Å². The van der Waals surface area contributed by atoms with Gasteiger partial charge in [0, 0.05) is 18.8 Å². The smallest absolute Gasteiger partial charge is 0.131 e. The lowest BCUT2D eigenvalue weighted by Gasteiger charge is -2.39. The number of rotatable bonds is 3. The summed E-state index contributed by atoms with van der Waals surface area (Å²) < 4.78 is 0. The molecule has 1 aliphatic heterocycles. The number of nitrogens with two attached hydrogens (primary N) is 1. The Morgan fingerprint density at radius 2 is 2.22 bits per heavy atom. The Balaban J connectivity index is 2.22. The highest BCUT2D eigenvalue weighted by Gasteiger charge is 2.26. The second-order valence-corrected chi connectivity index (χ2v) is 5.58. The average Bonchev–Trinajstić information content (AvgIpc) is 2.34. The number of hydrogen-bond donors (Lipinski definition) is 1. The van der Waals surface area contributed by atoms with E-state index in [-0.39, 0.29) is 0 Å². The highest BCUT2D eigenvalue weighted by atomic mass is 15.2. The van der Waals surface area contributed by atoms with Crippen molar-refractivity contribution in [2.45, 2.75) is 46.1 Å². The third-order valence-corrected chi connectivity index (χ3v) is 4.19. The molecule has 1 aliphatic rings. The maximum absolute atomic E-state index is 5.59. The van der Waals surface area contributed by atoms with E-state index in [1.165, 1.54) is 24.0 Å². The van der Waals surface area contributed by atoms with Crippen LogP contribution in [0.15, 0.2) is 12.3 Å². The molecule has 0 bridgehead atoms. The van der Waals surface area contributed by atoms with Gasteiger partial charge in [0.25, 0.3) is 0 Å². The van der Waals surface area contributed by atoms with E-state index < -0.39 is 0 Å². The van der Waals surface area contributed by atoms with E-state index in [0.29, 0.717) is 12.6 Å². The van der Waals surface area contributed by atoms with Gasteiger partial charge in [0.2, 0.25) is 0 Å². The fraction of sp³-hybridized carbons (Fsp3) is 0.667. The number of aryl methyl sites for hydroxylation is 1. The van der Waals surface area contributed by atoms with Gasteiger partial charge in [-0.25, -0.2) is 4.98 Å². The summed E-state index contributed by atoms with van der Waals surface area (Å²) in [6.45, 7) is 8.65. The molecule has 2 heterocycles. The second kappa shape index (κ2) is 5.70. The lowest BCUT2D eigenvalue weighted by atomic mass is 9.92. The summed E-state index contributed by atoms with van der Waals surface area (Å²) in [6, 6.07) is 2.83. The molecule has 2 N–H and O–H groups in total. The molecule has 0 aliphatic carbocycles. The van der Waals surface area contributed by atoms with Crippen molar-refractivity contribution in [3.05, 3.63) is 23.4 Å². The predicted molar refractivity (Wildman–Crippen MR) is 76.9 cm³/mol. The molecule has 2 rings (SSSR count). The Bertz CT molecular complexity index is 403.